The molecule has 0 aliphatic carbocycles. The van der Waals surface area contributed by atoms with E-state index < -0.39 is 0 Å². The maximum absolute atomic E-state index is 5.70. The van der Waals surface area contributed by atoms with E-state index in [1.807, 2.05) is 0 Å². The highest BCUT2D eigenvalue weighted by Crippen LogP contribution is 2.12. The van der Waals surface area contributed by atoms with Crippen molar-refractivity contribution in [1.29, 1.82) is 0 Å². The van der Waals surface area contributed by atoms with Gasteiger partial charge in [-0.25, -0.2) is 0 Å². The molecule has 0 saturated carbocycles. The molecule has 0 amide bonds. The second-order valence-corrected chi connectivity index (χ2v) is 5.07. The Morgan fingerprint density at radius 2 is 1.79 bits per heavy atom. The molecule has 0 bridgehead atoms. The molecule has 0 radical (unpaired) electrons. The van der Waals surface area contributed by atoms with Crippen molar-refractivity contribution in [1.82, 2.24) is 5.32 Å². The lowest BCUT2D eigenvalue weighted by Crippen LogP contribution is -2.33. The van der Waals surface area contributed by atoms with Crippen molar-refractivity contribution in [2.45, 2.75) is 59.6 Å². The van der Waals surface area contributed by atoms with E-state index in [2.05, 4.69) is 46.9 Å². The molecule has 0 spiro atoms. The predicted molar refractivity (Wildman–Crippen MR) is 62.6 cm³/mol. The fourth-order valence-corrected chi connectivity index (χ4v) is 1.32. The van der Waals surface area contributed by atoms with E-state index >= 15 is 0 Å². The van der Waals surface area contributed by atoms with E-state index in [1.54, 1.807) is 0 Å². The molecule has 86 valence electrons. The van der Waals surface area contributed by atoms with E-state index in [9.17, 15) is 0 Å². The Hall–Kier alpha value is -0.0800. The van der Waals surface area contributed by atoms with Crippen LogP contribution < -0.4 is 5.32 Å². The van der Waals surface area contributed by atoms with Crippen LogP contribution in [0.15, 0.2) is 0 Å². The monoisotopic (exact) mass is 201 g/mol. The van der Waals surface area contributed by atoms with Crippen LogP contribution in [-0.2, 0) is 4.74 Å². The van der Waals surface area contributed by atoms with Crippen molar-refractivity contribution < 1.29 is 4.74 Å². The minimum atomic E-state index is 0.00113. The van der Waals surface area contributed by atoms with Gasteiger partial charge in [-0.3, -0.25) is 0 Å². The van der Waals surface area contributed by atoms with Gasteiger partial charge in [0.1, 0.15) is 0 Å². The highest BCUT2D eigenvalue weighted by atomic mass is 16.5. The van der Waals surface area contributed by atoms with Gasteiger partial charge < -0.3 is 10.1 Å². The van der Waals surface area contributed by atoms with Gasteiger partial charge in [-0.2, -0.15) is 0 Å². The fourth-order valence-electron chi connectivity index (χ4n) is 1.32. The zero-order valence-corrected chi connectivity index (χ0v) is 10.7. The summed E-state index contributed by atoms with van der Waals surface area (Å²) in [6, 6.07) is 0.587. The van der Waals surface area contributed by atoms with Gasteiger partial charge in [0.2, 0.25) is 0 Å². The number of rotatable bonds is 6. The van der Waals surface area contributed by atoms with Gasteiger partial charge in [-0.1, -0.05) is 13.8 Å². The molecule has 0 fully saturated rings. The van der Waals surface area contributed by atoms with Crippen molar-refractivity contribution >= 4 is 0 Å². The topological polar surface area (TPSA) is 21.3 Å². The first-order valence-corrected chi connectivity index (χ1v) is 5.74. The first-order valence-electron chi connectivity index (χ1n) is 5.74. The third-order valence-electron chi connectivity index (χ3n) is 2.49. The summed E-state index contributed by atoms with van der Waals surface area (Å²) in [5.74, 6) is 0.678. The molecule has 0 rings (SSSR count). The Kier molecular flexibility index (Phi) is 6.38. The van der Waals surface area contributed by atoms with Crippen molar-refractivity contribution in [2.75, 3.05) is 13.2 Å². The van der Waals surface area contributed by atoms with E-state index in [-0.39, 0.29) is 5.60 Å². The van der Waals surface area contributed by atoms with Crippen LogP contribution in [-0.4, -0.2) is 24.8 Å². The minimum Gasteiger partial charge on any atom is -0.376 e. The summed E-state index contributed by atoms with van der Waals surface area (Å²) in [4.78, 5) is 0. The van der Waals surface area contributed by atoms with Crippen molar-refractivity contribution in [3.8, 4) is 0 Å². The molecule has 1 N–H and O–H groups in total. The number of hydrogen-bond acceptors (Lipinski definition) is 2. The quantitative estimate of drug-likeness (QED) is 0.713. The van der Waals surface area contributed by atoms with Gasteiger partial charge in [-0.05, 0) is 46.6 Å². The van der Waals surface area contributed by atoms with Gasteiger partial charge in [0.15, 0.2) is 0 Å². The molecule has 0 aliphatic heterocycles. The predicted octanol–water partition coefficient (Wildman–Crippen LogP) is 2.83. The molecule has 0 heterocycles. The Labute approximate surface area is 89.4 Å². The molecule has 0 saturated heterocycles. The van der Waals surface area contributed by atoms with Crippen LogP contribution in [0.5, 0.6) is 0 Å². The van der Waals surface area contributed by atoms with E-state index in [0.717, 1.165) is 19.6 Å². The lowest BCUT2D eigenvalue weighted by Gasteiger charge is -2.24. The zero-order valence-electron chi connectivity index (χ0n) is 10.7. The first kappa shape index (κ1) is 13.9. The number of nitrogens with one attached hydrogen (secondary N) is 1. The van der Waals surface area contributed by atoms with Crippen LogP contribution in [0.3, 0.4) is 0 Å². The third-order valence-corrected chi connectivity index (χ3v) is 2.49. The summed E-state index contributed by atoms with van der Waals surface area (Å²) in [7, 11) is 0. The molecule has 0 aromatic rings. The van der Waals surface area contributed by atoms with Gasteiger partial charge in [0.05, 0.1) is 5.60 Å². The van der Waals surface area contributed by atoms with Crippen molar-refractivity contribution in [3.63, 3.8) is 0 Å². The Morgan fingerprint density at radius 1 is 1.21 bits per heavy atom. The van der Waals surface area contributed by atoms with Crippen molar-refractivity contribution in [3.05, 3.63) is 0 Å². The molecule has 2 nitrogen and oxygen atoms in total. The molecule has 2 heteroatoms. The highest BCUT2D eigenvalue weighted by Gasteiger charge is 2.13. The van der Waals surface area contributed by atoms with Crippen LogP contribution in [0.2, 0.25) is 0 Å². The van der Waals surface area contributed by atoms with Gasteiger partial charge in [0.25, 0.3) is 0 Å². The molecule has 14 heavy (non-hydrogen) atoms. The molecule has 0 aromatic carbocycles. The minimum absolute atomic E-state index is 0.00113. The molecule has 0 aromatic heterocycles. The lowest BCUT2D eigenvalue weighted by atomic mass is 10.0. The van der Waals surface area contributed by atoms with Gasteiger partial charge in [-0.15, -0.1) is 0 Å². The molecular formula is C12H27NO. The van der Waals surface area contributed by atoms with E-state index in [4.69, 9.17) is 4.74 Å². The first-order chi connectivity index (χ1) is 6.37. The van der Waals surface area contributed by atoms with E-state index in [0.29, 0.717) is 12.0 Å². The third kappa shape index (κ3) is 7.34. The average Bonchev–Trinajstić information content (AvgIpc) is 2.02. The summed E-state index contributed by atoms with van der Waals surface area (Å²) in [5.41, 5.74) is 0.00113. The second-order valence-electron chi connectivity index (χ2n) is 5.07. The number of hydrogen-bond donors (Lipinski definition) is 1. The zero-order chi connectivity index (χ0) is 11.2. The summed E-state index contributed by atoms with van der Waals surface area (Å²) in [5, 5.41) is 3.44. The Bertz CT molecular complexity index is 140. The van der Waals surface area contributed by atoms with Crippen LogP contribution in [0, 0.1) is 5.92 Å². The van der Waals surface area contributed by atoms with E-state index in [1.165, 1.54) is 0 Å². The molecule has 2 unspecified atom stereocenters. The summed E-state index contributed by atoms with van der Waals surface area (Å²) in [6.45, 7) is 14.9. The molecular weight excluding hydrogens is 174 g/mol. The van der Waals surface area contributed by atoms with Gasteiger partial charge >= 0.3 is 0 Å². The summed E-state index contributed by atoms with van der Waals surface area (Å²) in [6.07, 6.45) is 1.13. The van der Waals surface area contributed by atoms with Crippen LogP contribution in [0.1, 0.15) is 48.0 Å². The SMILES string of the molecule is CCNC(C)C(C)CCOC(C)(C)C. The Morgan fingerprint density at radius 3 is 2.21 bits per heavy atom. The van der Waals surface area contributed by atoms with Crippen LogP contribution in [0.25, 0.3) is 0 Å². The lowest BCUT2D eigenvalue weighted by molar-refractivity contribution is -0.00982. The normalized spacial score (nSPS) is 16.7. The molecule has 0 aliphatic rings. The smallest absolute Gasteiger partial charge is 0.0598 e. The highest BCUT2D eigenvalue weighted by molar-refractivity contribution is 4.68. The summed E-state index contributed by atoms with van der Waals surface area (Å²) < 4.78 is 5.70. The van der Waals surface area contributed by atoms with Crippen LogP contribution in [0.4, 0.5) is 0 Å². The fraction of sp³-hybridized carbons (Fsp3) is 1.00. The largest absolute Gasteiger partial charge is 0.376 e. The standard InChI is InChI=1S/C12H27NO/c1-7-13-11(3)10(2)8-9-14-12(4,5)6/h10-11,13H,7-9H2,1-6H3. The Balaban J connectivity index is 3.58. The van der Waals surface area contributed by atoms with Crippen molar-refractivity contribution in [2.24, 2.45) is 5.92 Å². The van der Waals surface area contributed by atoms with Crippen LogP contribution >= 0.6 is 0 Å². The summed E-state index contributed by atoms with van der Waals surface area (Å²) >= 11 is 0. The second kappa shape index (κ2) is 6.41. The maximum atomic E-state index is 5.70. The maximum Gasteiger partial charge on any atom is 0.0598 e. The molecule has 2 atom stereocenters. The van der Waals surface area contributed by atoms with Gasteiger partial charge in [0, 0.05) is 12.6 Å². The average molecular weight is 201 g/mol. The number of ether oxygens (including phenoxy) is 1.